The highest BCUT2D eigenvalue weighted by Crippen LogP contribution is 2.28. The minimum atomic E-state index is -1.08. The van der Waals surface area contributed by atoms with Crippen molar-refractivity contribution in [2.75, 3.05) is 13.2 Å². The molecule has 0 aliphatic heterocycles. The molecule has 34 heavy (non-hydrogen) atoms. The largest absolute Gasteiger partial charge is 0.489 e. The minimum absolute atomic E-state index is 0.144. The topological polar surface area (TPSA) is 142 Å². The molecule has 12 heteroatoms. The number of thiophene rings is 1. The van der Waals surface area contributed by atoms with Gasteiger partial charge in [0.05, 0.1) is 28.6 Å². The zero-order chi connectivity index (χ0) is 24.1. The molecule has 0 saturated carbocycles. The molecule has 0 aliphatic carbocycles. The lowest BCUT2D eigenvalue weighted by molar-refractivity contribution is 0.0535. The Morgan fingerprint density at radius 2 is 2.15 bits per heavy atom. The van der Waals surface area contributed by atoms with Gasteiger partial charge in [-0.1, -0.05) is 22.9 Å². The zero-order valence-electron chi connectivity index (χ0n) is 17.6. The van der Waals surface area contributed by atoms with E-state index in [-0.39, 0.29) is 24.6 Å². The van der Waals surface area contributed by atoms with E-state index in [0.29, 0.717) is 37.5 Å². The third kappa shape index (κ3) is 5.51. The number of aromatic amines is 1. The molecular formula is C22H20ClN5O5S. The first-order valence-corrected chi connectivity index (χ1v) is 11.3. The Balaban J connectivity index is 1.57. The lowest BCUT2D eigenvalue weighted by Gasteiger charge is -2.15. The summed E-state index contributed by atoms with van der Waals surface area (Å²) in [5.41, 5.74) is 1.78. The van der Waals surface area contributed by atoms with Crippen LogP contribution in [0.25, 0.3) is 16.8 Å². The van der Waals surface area contributed by atoms with Gasteiger partial charge in [-0.25, -0.2) is 4.68 Å². The molecular weight excluding hydrogens is 482 g/mol. The van der Waals surface area contributed by atoms with Gasteiger partial charge in [0.2, 0.25) is 0 Å². The normalized spacial score (nSPS) is 11.9. The van der Waals surface area contributed by atoms with Crippen molar-refractivity contribution in [3.63, 3.8) is 0 Å². The number of aromatic nitrogens is 4. The number of benzene rings is 1. The summed E-state index contributed by atoms with van der Waals surface area (Å²) in [6, 6.07) is 11.8. The number of halogens is 1. The summed E-state index contributed by atoms with van der Waals surface area (Å²) in [4.78, 5) is 27.5. The maximum Gasteiger partial charge on any atom is 0.261 e. The summed E-state index contributed by atoms with van der Waals surface area (Å²) in [5, 5.41) is 29.8. The number of ether oxygens (including phenoxy) is 1. The molecule has 4 rings (SSSR count). The number of carbonyl (C=O) groups excluding carboxylic acids is 1. The highest BCUT2D eigenvalue weighted by atomic mass is 35.5. The Labute approximate surface area is 202 Å². The Kier molecular flexibility index (Phi) is 7.38. The van der Waals surface area contributed by atoms with Crippen LogP contribution in [0.2, 0.25) is 4.34 Å². The fourth-order valence-corrected chi connectivity index (χ4v) is 4.03. The Bertz CT molecular complexity index is 1350. The fourth-order valence-electron chi connectivity index (χ4n) is 3.07. The quantitative estimate of drug-likeness (QED) is 0.275. The highest BCUT2D eigenvalue weighted by molar-refractivity contribution is 7.17. The number of hydrogen-bond donors (Lipinski definition) is 4. The maximum atomic E-state index is 12.2. The average molecular weight is 502 g/mol. The smallest absolute Gasteiger partial charge is 0.261 e. The second kappa shape index (κ2) is 10.6. The maximum absolute atomic E-state index is 12.2. The SMILES string of the molecule is O=C(NCc1cn(-c2ccc(-c3ccc[nH]c3=O)cc2OC[C@@H](O)CO)nn1)c1ccc(Cl)s1. The van der Waals surface area contributed by atoms with Crippen LogP contribution in [0.15, 0.2) is 59.7 Å². The summed E-state index contributed by atoms with van der Waals surface area (Å²) >= 11 is 7.05. The van der Waals surface area contributed by atoms with E-state index in [1.165, 1.54) is 22.2 Å². The lowest BCUT2D eigenvalue weighted by Crippen LogP contribution is -2.22. The summed E-state index contributed by atoms with van der Waals surface area (Å²) < 4.78 is 7.71. The van der Waals surface area contributed by atoms with Crippen LogP contribution >= 0.6 is 22.9 Å². The van der Waals surface area contributed by atoms with Gasteiger partial charge in [-0.3, -0.25) is 9.59 Å². The van der Waals surface area contributed by atoms with Crippen LogP contribution in [0.3, 0.4) is 0 Å². The van der Waals surface area contributed by atoms with Crippen LogP contribution in [0.5, 0.6) is 5.75 Å². The van der Waals surface area contributed by atoms with Gasteiger partial charge in [0.25, 0.3) is 11.5 Å². The number of carbonyl (C=O) groups is 1. The molecule has 0 bridgehead atoms. The van der Waals surface area contributed by atoms with Crippen molar-refractivity contribution >= 4 is 28.8 Å². The highest BCUT2D eigenvalue weighted by Gasteiger charge is 2.15. The Morgan fingerprint density at radius 3 is 2.88 bits per heavy atom. The molecule has 10 nitrogen and oxygen atoms in total. The number of pyridine rings is 1. The van der Waals surface area contributed by atoms with Gasteiger partial charge < -0.3 is 25.3 Å². The molecule has 4 N–H and O–H groups in total. The van der Waals surface area contributed by atoms with Crippen molar-refractivity contribution < 1.29 is 19.7 Å². The third-order valence-corrected chi connectivity index (χ3v) is 5.98. The minimum Gasteiger partial charge on any atom is -0.489 e. The molecule has 3 aromatic heterocycles. The first kappa shape index (κ1) is 23.6. The second-order valence-electron chi connectivity index (χ2n) is 7.18. The standard InChI is InChI=1S/C22H20ClN5O5S/c23-20-6-5-19(34-20)22(32)25-9-14-10-28(27-26-14)17-4-3-13(16-2-1-7-24-21(16)31)8-18(17)33-12-15(30)11-29/h1-8,10,15,29-30H,9,11-12H2,(H,24,31)(H,25,32)/t15-/m0/s1. The van der Waals surface area contributed by atoms with Gasteiger partial charge in [-0.15, -0.1) is 16.4 Å². The molecule has 176 valence electrons. The first-order valence-electron chi connectivity index (χ1n) is 10.1. The monoisotopic (exact) mass is 501 g/mol. The number of H-pyrrole nitrogens is 1. The average Bonchev–Trinajstić information content (AvgIpc) is 3.50. The molecule has 3 heterocycles. The van der Waals surface area contributed by atoms with E-state index < -0.39 is 12.7 Å². The predicted octanol–water partition coefficient (Wildman–Crippen LogP) is 2.00. The van der Waals surface area contributed by atoms with Crippen molar-refractivity contribution in [1.82, 2.24) is 25.3 Å². The Hall–Kier alpha value is -3.51. The van der Waals surface area contributed by atoms with Crippen LogP contribution in [0.4, 0.5) is 0 Å². The third-order valence-electron chi connectivity index (χ3n) is 4.75. The van der Waals surface area contributed by atoms with Crippen LogP contribution in [0.1, 0.15) is 15.4 Å². The number of aliphatic hydroxyl groups is 2. The van der Waals surface area contributed by atoms with E-state index in [9.17, 15) is 14.7 Å². The van der Waals surface area contributed by atoms with Gasteiger partial charge in [-0.2, -0.15) is 0 Å². The van der Waals surface area contributed by atoms with Crippen LogP contribution in [-0.2, 0) is 6.54 Å². The van der Waals surface area contributed by atoms with E-state index in [0.717, 1.165) is 0 Å². The van der Waals surface area contributed by atoms with Gasteiger partial charge in [0.1, 0.15) is 29.8 Å². The molecule has 0 unspecified atom stereocenters. The zero-order valence-corrected chi connectivity index (χ0v) is 19.2. The first-order chi connectivity index (χ1) is 16.4. The van der Waals surface area contributed by atoms with Gasteiger partial charge in [0.15, 0.2) is 0 Å². The number of aliphatic hydroxyl groups excluding tert-OH is 2. The molecule has 0 aliphatic rings. The molecule has 0 fully saturated rings. The molecule has 0 spiro atoms. The molecule has 4 aromatic rings. The van der Waals surface area contributed by atoms with Crippen molar-refractivity contribution in [1.29, 1.82) is 0 Å². The summed E-state index contributed by atoms with van der Waals surface area (Å²) in [5.74, 6) is 0.0489. The molecule has 1 aromatic carbocycles. The van der Waals surface area contributed by atoms with E-state index in [1.54, 1.807) is 48.7 Å². The van der Waals surface area contributed by atoms with Crippen molar-refractivity contribution in [3.8, 4) is 22.6 Å². The van der Waals surface area contributed by atoms with Crippen molar-refractivity contribution in [3.05, 3.63) is 80.1 Å². The van der Waals surface area contributed by atoms with Crippen molar-refractivity contribution in [2.24, 2.45) is 0 Å². The van der Waals surface area contributed by atoms with Crippen LogP contribution in [0, 0.1) is 0 Å². The molecule has 1 amide bonds. The predicted molar refractivity (Wildman–Crippen MR) is 127 cm³/mol. The van der Waals surface area contributed by atoms with Gasteiger partial charge in [-0.05, 0) is 42.0 Å². The summed E-state index contributed by atoms with van der Waals surface area (Å²) in [6.45, 7) is -0.486. The number of hydrogen-bond acceptors (Lipinski definition) is 8. The second-order valence-corrected chi connectivity index (χ2v) is 8.90. The molecule has 0 saturated heterocycles. The van der Waals surface area contributed by atoms with Gasteiger partial charge in [0, 0.05) is 11.8 Å². The van der Waals surface area contributed by atoms with E-state index >= 15 is 0 Å². The summed E-state index contributed by atoms with van der Waals surface area (Å²) in [7, 11) is 0. The number of amides is 1. The summed E-state index contributed by atoms with van der Waals surface area (Å²) in [6.07, 6.45) is 2.09. The number of rotatable bonds is 9. The lowest BCUT2D eigenvalue weighted by atomic mass is 10.1. The van der Waals surface area contributed by atoms with Crippen LogP contribution < -0.4 is 15.6 Å². The Morgan fingerprint density at radius 1 is 1.29 bits per heavy atom. The molecule has 1 atom stereocenters. The van der Waals surface area contributed by atoms with E-state index in [2.05, 4.69) is 20.6 Å². The van der Waals surface area contributed by atoms with Crippen molar-refractivity contribution in [2.45, 2.75) is 12.6 Å². The number of nitrogens with one attached hydrogen (secondary N) is 2. The van der Waals surface area contributed by atoms with Crippen LogP contribution in [-0.4, -0.2) is 55.4 Å². The van der Waals surface area contributed by atoms with E-state index in [4.69, 9.17) is 21.4 Å². The fraction of sp³-hybridized carbons (Fsp3) is 0.182. The molecule has 0 radical (unpaired) electrons. The number of nitrogens with zero attached hydrogens (tertiary/aromatic N) is 3. The van der Waals surface area contributed by atoms with E-state index in [1.807, 2.05) is 0 Å². The van der Waals surface area contributed by atoms with Gasteiger partial charge >= 0.3 is 0 Å².